The molecule has 0 saturated heterocycles. The van der Waals surface area contributed by atoms with Gasteiger partial charge in [0.2, 0.25) is 11.6 Å². The Morgan fingerprint density at radius 1 is 0.397 bits per heavy atom. The third-order valence-corrected chi connectivity index (χ3v) is 11.2. The van der Waals surface area contributed by atoms with Crippen LogP contribution in [-0.4, -0.2) is 37.4 Å². The molecule has 2 aliphatic rings. The van der Waals surface area contributed by atoms with E-state index in [-0.39, 0.29) is 67.8 Å². The van der Waals surface area contributed by atoms with Gasteiger partial charge in [-0.15, -0.1) is 22.1 Å². The zero-order valence-electron chi connectivity index (χ0n) is 34.2. The molecule has 68 heavy (non-hydrogen) atoms. The zero-order chi connectivity index (χ0) is 48.2. The van der Waals surface area contributed by atoms with Gasteiger partial charge in [0.05, 0.1) is 64.2 Å². The Morgan fingerprint density at radius 2 is 0.662 bits per heavy atom. The summed E-state index contributed by atoms with van der Waals surface area (Å²) in [7, 11) is 1.51. The summed E-state index contributed by atoms with van der Waals surface area (Å²) in [6, 6.07) is 6.79. The minimum absolute atomic E-state index is 0. The number of phenolic OH excluding ortho intramolecular Hbond substituents is 4. The van der Waals surface area contributed by atoms with E-state index in [1.54, 1.807) is 0 Å². The van der Waals surface area contributed by atoms with Gasteiger partial charge in [-0.3, -0.25) is 0 Å². The van der Waals surface area contributed by atoms with E-state index in [1.165, 1.54) is 24.5 Å². The van der Waals surface area contributed by atoms with Crippen molar-refractivity contribution in [1.29, 1.82) is 0 Å². The van der Waals surface area contributed by atoms with Crippen molar-refractivity contribution in [3.05, 3.63) is 117 Å². The number of hydrogen-bond donors (Lipinski definition) is 8. The van der Waals surface area contributed by atoms with E-state index in [2.05, 4.69) is 37.1 Å². The molecule has 0 radical (unpaired) electrons. The summed E-state index contributed by atoms with van der Waals surface area (Å²) < 4.78 is 153. The molecule has 0 fully saturated rings. The molecule has 0 aliphatic carbocycles. The molecule has 0 amide bonds. The van der Waals surface area contributed by atoms with Crippen LogP contribution in [0, 0.1) is 58.2 Å². The number of phenols is 4. The molecule has 8 bridgehead atoms. The van der Waals surface area contributed by atoms with Crippen molar-refractivity contribution < 1.29 is 104 Å². The first-order valence-electron chi connectivity index (χ1n) is 19.3. The Labute approximate surface area is 383 Å². The third-order valence-electron chi connectivity index (χ3n) is 11.2. The number of nitrogens with two attached hydrogens (primary N) is 1. The smallest absolute Gasteiger partial charge is 0.657 e. The molecule has 0 atom stereocenters. The van der Waals surface area contributed by atoms with Crippen LogP contribution in [0.5, 0.6) is 23.0 Å². The SMILES string of the molecule is C[NH2+]c1cc([NH3+])c(O)c(-c2c3nc(c(-c4c(F)c(F)c(F)c(F)c4F)c4ccc([n-]4)c(-c4c(O)c([NH3+])cc([NH3+])c4O)c4nc(c(-c5c(F)c(F)c(F)c(F)c5F)c5ccc2[n-]5)C=C4)C=C3)c1O.[Fe+2]. The van der Waals surface area contributed by atoms with E-state index < -0.39 is 143 Å². The molecule has 5 heterocycles. The number of fused-ring (bicyclic) bond motifs is 8. The molecular formula is C45H28F10FeN8O4+4. The molecular weight excluding hydrogens is 962 g/mol. The summed E-state index contributed by atoms with van der Waals surface area (Å²) in [5.74, 6) is -26.4. The van der Waals surface area contributed by atoms with Crippen molar-refractivity contribution in [2.45, 2.75) is 0 Å². The Bertz CT molecular complexity index is 3480. The van der Waals surface area contributed by atoms with Gasteiger partial charge >= 0.3 is 17.1 Å². The maximum atomic E-state index is 16.0. The number of aromatic hydroxyl groups is 4. The Morgan fingerprint density at radius 3 is 0.971 bits per heavy atom. The minimum Gasteiger partial charge on any atom is -0.657 e. The first-order valence-corrected chi connectivity index (χ1v) is 19.3. The average molecular weight is 991 g/mol. The van der Waals surface area contributed by atoms with Crippen molar-refractivity contribution in [2.75, 3.05) is 7.05 Å². The maximum absolute atomic E-state index is 16.0. The molecule has 9 rings (SSSR count). The zero-order valence-corrected chi connectivity index (χ0v) is 35.3. The quantitative estimate of drug-likeness (QED) is 0.0187. The molecule has 3 aromatic heterocycles. The number of hydrogen-bond acceptors (Lipinski definition) is 6. The van der Waals surface area contributed by atoms with E-state index in [4.69, 9.17) is 0 Å². The van der Waals surface area contributed by atoms with Crippen LogP contribution in [0.15, 0.2) is 36.4 Å². The summed E-state index contributed by atoms with van der Waals surface area (Å²) in [5, 5.41) is 47.4. The second-order valence-electron chi connectivity index (χ2n) is 15.0. The van der Waals surface area contributed by atoms with Crippen LogP contribution in [-0.2, 0) is 17.1 Å². The predicted molar refractivity (Wildman–Crippen MR) is 220 cm³/mol. The first kappa shape index (κ1) is 46.9. The summed E-state index contributed by atoms with van der Waals surface area (Å²) >= 11 is 0. The maximum Gasteiger partial charge on any atom is 2.00 e. The van der Waals surface area contributed by atoms with Crippen molar-refractivity contribution >= 4 is 69.1 Å². The summed E-state index contributed by atoms with van der Waals surface area (Å²) in [6.07, 6.45) is 4.33. The fourth-order valence-corrected chi connectivity index (χ4v) is 7.98. The number of halogens is 10. The second-order valence-corrected chi connectivity index (χ2v) is 15.0. The van der Waals surface area contributed by atoms with E-state index >= 15 is 35.1 Å². The Hall–Kier alpha value is -7.66. The van der Waals surface area contributed by atoms with E-state index in [1.807, 2.05) is 0 Å². The fourth-order valence-electron chi connectivity index (χ4n) is 7.98. The van der Waals surface area contributed by atoms with Gasteiger partial charge in [0.25, 0.3) is 0 Å². The van der Waals surface area contributed by atoms with Crippen molar-refractivity contribution in [2.24, 2.45) is 0 Å². The average Bonchev–Trinajstić information content (AvgIpc) is 4.16. The normalized spacial score (nSPS) is 12.0. The van der Waals surface area contributed by atoms with Gasteiger partial charge in [-0.05, 0) is 35.4 Å². The molecule has 0 saturated carbocycles. The topological polar surface area (TPSA) is 234 Å². The molecule has 4 aromatic carbocycles. The third kappa shape index (κ3) is 6.93. The van der Waals surface area contributed by atoms with Gasteiger partial charge in [-0.1, -0.05) is 24.3 Å². The molecule has 7 aromatic rings. The minimum atomic E-state index is -2.49. The number of benzene rings is 4. The van der Waals surface area contributed by atoms with Crippen LogP contribution in [0.1, 0.15) is 22.8 Å². The van der Waals surface area contributed by atoms with Crippen molar-refractivity contribution in [3.8, 4) is 67.5 Å². The molecule has 0 spiro atoms. The van der Waals surface area contributed by atoms with Crippen molar-refractivity contribution in [3.63, 3.8) is 0 Å². The molecule has 2 aliphatic heterocycles. The van der Waals surface area contributed by atoms with Crippen molar-refractivity contribution in [1.82, 2.24) is 19.9 Å². The predicted octanol–water partition coefficient (Wildman–Crippen LogP) is 6.24. The fraction of sp³-hybridized carbons (Fsp3) is 0.0222. The number of quaternary nitrogens is 4. The van der Waals surface area contributed by atoms with Crippen LogP contribution in [0.4, 0.5) is 66.7 Å². The van der Waals surface area contributed by atoms with Crippen LogP contribution in [0.25, 0.3) is 90.9 Å². The molecule has 0 unspecified atom stereocenters. The monoisotopic (exact) mass is 990 g/mol. The number of aromatic nitrogens is 4. The van der Waals surface area contributed by atoms with E-state index in [0.717, 1.165) is 48.6 Å². The van der Waals surface area contributed by atoms with Gasteiger partial charge in [0.1, 0.15) is 0 Å². The molecule has 12 nitrogen and oxygen atoms in total. The molecule has 346 valence electrons. The van der Waals surface area contributed by atoms with Crippen LogP contribution in [0.3, 0.4) is 0 Å². The van der Waals surface area contributed by atoms with Crippen LogP contribution < -0.4 is 32.5 Å². The first-order chi connectivity index (χ1) is 31.8. The van der Waals surface area contributed by atoms with Gasteiger partial charge in [0.15, 0.2) is 92.3 Å². The molecule has 23 heteroatoms. The largest absolute Gasteiger partial charge is 2.00 e. The number of nitrogens with zero attached hydrogens (tertiary/aromatic N) is 4. The van der Waals surface area contributed by atoms with Gasteiger partial charge in [-0.2, -0.15) is 0 Å². The molecule has 15 N–H and O–H groups in total. The Balaban J connectivity index is 0.00000625. The summed E-state index contributed by atoms with van der Waals surface area (Å²) in [6.45, 7) is 0. The van der Waals surface area contributed by atoms with Gasteiger partial charge < -0.3 is 52.9 Å². The summed E-state index contributed by atoms with van der Waals surface area (Å²) in [4.78, 5) is 17.8. The second kappa shape index (κ2) is 16.9. The van der Waals surface area contributed by atoms with Crippen LogP contribution in [0.2, 0.25) is 0 Å². The number of rotatable bonds is 5. The summed E-state index contributed by atoms with van der Waals surface area (Å²) in [5.41, 5.74) is 0.816. The Kier molecular flexibility index (Phi) is 11.6. The van der Waals surface area contributed by atoms with Gasteiger partial charge in [-0.25, -0.2) is 53.9 Å². The standard InChI is InChI=1S/C45H24F10N8O4.Fe/c1-59-23-11-14(58)44(66)31(45(23)67)27-21-8-4-17(62-21)24(28-32(46)36(50)40(54)37(51)33(28)47)15-2-6-19(60-15)26(30-42(64)12(56)10-13(57)43(30)65)20-7-3-16(61-20)25(18-5-9-22(27)63-18)29-34(48)38(52)41(55)39(53)35(29)49;/h2-11H,1H3,(H11-2,56,57,58,59,60,61,62,63,64,65,66,67);/q-2;+2/p+4. The van der Waals surface area contributed by atoms with Crippen LogP contribution >= 0.6 is 0 Å². The van der Waals surface area contributed by atoms with Gasteiger partial charge in [0, 0.05) is 11.1 Å². The van der Waals surface area contributed by atoms with E-state index in [9.17, 15) is 29.2 Å². The van der Waals surface area contributed by atoms with E-state index in [0.29, 0.717) is 0 Å².